The molecule has 0 saturated carbocycles. The van der Waals surface area contributed by atoms with Crippen LogP contribution in [0, 0.1) is 0 Å². The molecule has 10 nitrogen and oxygen atoms in total. The highest BCUT2D eigenvalue weighted by atomic mass is 16.5. The van der Waals surface area contributed by atoms with Gasteiger partial charge in [0.2, 0.25) is 5.95 Å². The lowest BCUT2D eigenvalue weighted by molar-refractivity contribution is -0.0126. The van der Waals surface area contributed by atoms with Gasteiger partial charge in [-0.1, -0.05) is 12.1 Å². The monoisotopic (exact) mass is 487 g/mol. The normalized spacial score (nSPS) is 18.4. The first-order valence-corrected chi connectivity index (χ1v) is 11.9. The summed E-state index contributed by atoms with van der Waals surface area (Å²) in [5, 5.41) is 8.92. The summed E-state index contributed by atoms with van der Waals surface area (Å²) in [5.74, 6) is 0.0238. The quantitative estimate of drug-likeness (QED) is 0.403. The second-order valence-electron chi connectivity index (χ2n) is 9.39. The molecule has 186 valence electrons. The van der Waals surface area contributed by atoms with Gasteiger partial charge in [-0.25, -0.2) is 9.97 Å². The maximum atomic E-state index is 13.2. The van der Waals surface area contributed by atoms with Crippen molar-refractivity contribution in [2.75, 3.05) is 36.6 Å². The number of rotatable bonds is 5. The van der Waals surface area contributed by atoms with E-state index in [2.05, 4.69) is 30.8 Å². The Morgan fingerprint density at radius 1 is 1.22 bits per heavy atom. The molecule has 2 aromatic carbocycles. The second-order valence-corrected chi connectivity index (χ2v) is 9.39. The van der Waals surface area contributed by atoms with E-state index in [0.29, 0.717) is 41.6 Å². The summed E-state index contributed by atoms with van der Waals surface area (Å²) in [5.41, 5.74) is 9.13. The maximum Gasteiger partial charge on any atom is 0.253 e. The Morgan fingerprint density at radius 2 is 2.03 bits per heavy atom. The Hall–Kier alpha value is -4.02. The Kier molecular flexibility index (Phi) is 6.29. The van der Waals surface area contributed by atoms with Gasteiger partial charge in [0.05, 0.1) is 36.2 Å². The molecule has 0 spiro atoms. The number of carbonyl (C=O) groups is 2. The van der Waals surface area contributed by atoms with Crippen LogP contribution in [0.4, 0.5) is 17.3 Å². The lowest BCUT2D eigenvalue weighted by Gasteiger charge is -2.45. The average molecular weight is 488 g/mol. The summed E-state index contributed by atoms with van der Waals surface area (Å²) in [6.45, 7) is 6.12. The van der Waals surface area contributed by atoms with Crippen molar-refractivity contribution in [1.82, 2.24) is 20.6 Å². The third-order valence-electron chi connectivity index (χ3n) is 6.51. The van der Waals surface area contributed by atoms with Crippen molar-refractivity contribution in [2.24, 2.45) is 5.73 Å². The first-order chi connectivity index (χ1) is 17.3. The largest absolute Gasteiger partial charge is 0.372 e. The van der Waals surface area contributed by atoms with Gasteiger partial charge >= 0.3 is 0 Å². The SMILES string of the molecule is CC1(C)NC(=O)c2cc(Nc3nccc(-c4ccc(C(=O)NCN)cc4)n3)ccc2N2CCOC1C2. The van der Waals surface area contributed by atoms with E-state index in [1.54, 1.807) is 24.4 Å². The predicted molar refractivity (Wildman–Crippen MR) is 137 cm³/mol. The van der Waals surface area contributed by atoms with E-state index in [9.17, 15) is 9.59 Å². The standard InChI is InChI=1S/C26H29N7O3/c1-26(2)22-14-33(11-12-36-22)21-8-7-18(13-19(21)24(35)32-26)30-25-28-10-9-20(31-25)16-3-5-17(6-4-16)23(34)29-15-27/h3-10,13,22H,11-12,14-15,27H2,1-2H3,(H,29,34)(H,32,35)(H,28,30,31). The second kappa shape index (κ2) is 9.56. The molecular weight excluding hydrogens is 458 g/mol. The van der Waals surface area contributed by atoms with Gasteiger partial charge in [-0.2, -0.15) is 0 Å². The summed E-state index contributed by atoms with van der Waals surface area (Å²) in [6.07, 6.45) is 1.58. The molecule has 1 unspecified atom stereocenters. The fourth-order valence-electron chi connectivity index (χ4n) is 4.51. The molecular formula is C26H29N7O3. The molecule has 1 fully saturated rings. The lowest BCUT2D eigenvalue weighted by atomic mass is 9.92. The number of carbonyl (C=O) groups excluding carboxylic acids is 2. The number of anilines is 3. The van der Waals surface area contributed by atoms with Crippen LogP contribution < -0.4 is 26.6 Å². The number of nitrogens with two attached hydrogens (primary N) is 1. The van der Waals surface area contributed by atoms with Crippen LogP contribution in [0.25, 0.3) is 11.3 Å². The summed E-state index contributed by atoms with van der Waals surface area (Å²) >= 11 is 0. The first-order valence-electron chi connectivity index (χ1n) is 11.9. The fraction of sp³-hybridized carbons (Fsp3) is 0.308. The van der Waals surface area contributed by atoms with Gasteiger partial charge in [-0.05, 0) is 50.2 Å². The molecule has 3 aromatic rings. The molecule has 0 aliphatic carbocycles. The van der Waals surface area contributed by atoms with Gasteiger partial charge in [-0.15, -0.1) is 0 Å². The summed E-state index contributed by atoms with van der Waals surface area (Å²) in [6, 6.07) is 14.6. The van der Waals surface area contributed by atoms with Gasteiger partial charge in [0.1, 0.15) is 0 Å². The molecule has 5 N–H and O–H groups in total. The molecule has 5 rings (SSSR count). The number of hydrogen-bond donors (Lipinski definition) is 4. The molecule has 2 aliphatic heterocycles. The Bertz CT molecular complexity index is 1290. The van der Waals surface area contributed by atoms with E-state index < -0.39 is 5.54 Å². The number of benzene rings is 2. The zero-order valence-corrected chi connectivity index (χ0v) is 20.2. The molecule has 36 heavy (non-hydrogen) atoms. The Labute approximate surface area is 209 Å². The Morgan fingerprint density at radius 3 is 2.81 bits per heavy atom. The third kappa shape index (κ3) is 4.73. The number of nitrogens with zero attached hydrogens (tertiary/aromatic N) is 3. The highest BCUT2D eigenvalue weighted by Gasteiger charge is 2.39. The maximum absolute atomic E-state index is 13.2. The topological polar surface area (TPSA) is 134 Å². The number of morpholine rings is 1. The van der Waals surface area contributed by atoms with Gasteiger partial charge in [-0.3, -0.25) is 9.59 Å². The fourth-order valence-corrected chi connectivity index (χ4v) is 4.51. The molecule has 2 aliphatic rings. The highest BCUT2D eigenvalue weighted by Crippen LogP contribution is 2.32. The van der Waals surface area contributed by atoms with Crippen LogP contribution in [0.1, 0.15) is 34.6 Å². The first kappa shape index (κ1) is 23.7. The van der Waals surface area contributed by atoms with Crippen LogP contribution in [0.3, 0.4) is 0 Å². The number of amides is 2. The van der Waals surface area contributed by atoms with Crippen LogP contribution in [0.15, 0.2) is 54.7 Å². The van der Waals surface area contributed by atoms with Gasteiger partial charge in [0.15, 0.2) is 0 Å². The van der Waals surface area contributed by atoms with Gasteiger partial charge in [0.25, 0.3) is 11.8 Å². The van der Waals surface area contributed by atoms with E-state index in [-0.39, 0.29) is 24.6 Å². The molecule has 1 atom stereocenters. The summed E-state index contributed by atoms with van der Waals surface area (Å²) < 4.78 is 5.93. The molecule has 0 radical (unpaired) electrons. The number of fused-ring (bicyclic) bond motifs is 4. The molecule has 10 heteroatoms. The van der Waals surface area contributed by atoms with Crippen LogP contribution in [-0.2, 0) is 4.74 Å². The van der Waals surface area contributed by atoms with Crippen molar-refractivity contribution < 1.29 is 14.3 Å². The van der Waals surface area contributed by atoms with Crippen LogP contribution in [-0.4, -0.2) is 59.8 Å². The summed E-state index contributed by atoms with van der Waals surface area (Å²) in [4.78, 5) is 36.3. The number of ether oxygens (including phenoxy) is 1. The third-order valence-corrected chi connectivity index (χ3v) is 6.51. The van der Waals surface area contributed by atoms with E-state index >= 15 is 0 Å². The van der Waals surface area contributed by atoms with Crippen LogP contribution in [0.2, 0.25) is 0 Å². The van der Waals surface area contributed by atoms with Crippen molar-refractivity contribution in [3.8, 4) is 11.3 Å². The molecule has 1 saturated heterocycles. The van der Waals surface area contributed by atoms with Crippen molar-refractivity contribution in [3.63, 3.8) is 0 Å². The van der Waals surface area contributed by atoms with Crippen molar-refractivity contribution >= 4 is 29.1 Å². The van der Waals surface area contributed by atoms with Gasteiger partial charge in [0, 0.05) is 41.8 Å². The number of nitrogens with one attached hydrogen (secondary N) is 3. The van der Waals surface area contributed by atoms with E-state index in [4.69, 9.17) is 10.5 Å². The number of aromatic nitrogens is 2. The molecule has 3 heterocycles. The average Bonchev–Trinajstić information content (AvgIpc) is 2.88. The van der Waals surface area contributed by atoms with Crippen LogP contribution >= 0.6 is 0 Å². The molecule has 1 aromatic heterocycles. The zero-order chi connectivity index (χ0) is 25.3. The lowest BCUT2D eigenvalue weighted by Crippen LogP contribution is -2.61. The van der Waals surface area contributed by atoms with E-state index in [1.165, 1.54) is 0 Å². The smallest absolute Gasteiger partial charge is 0.253 e. The minimum atomic E-state index is -0.491. The predicted octanol–water partition coefficient (Wildman–Crippen LogP) is 2.26. The van der Waals surface area contributed by atoms with E-state index in [0.717, 1.165) is 17.8 Å². The zero-order valence-electron chi connectivity index (χ0n) is 20.2. The minimum Gasteiger partial charge on any atom is -0.372 e. The minimum absolute atomic E-state index is 0.0800. The molecule has 2 bridgehead atoms. The number of hydrogen-bond acceptors (Lipinski definition) is 8. The molecule has 2 amide bonds. The van der Waals surface area contributed by atoms with Crippen LogP contribution in [0.5, 0.6) is 0 Å². The highest BCUT2D eigenvalue weighted by molar-refractivity contribution is 6.01. The Balaban J connectivity index is 1.39. The van der Waals surface area contributed by atoms with Crippen molar-refractivity contribution in [3.05, 3.63) is 65.9 Å². The van der Waals surface area contributed by atoms with Crippen molar-refractivity contribution in [1.29, 1.82) is 0 Å². The van der Waals surface area contributed by atoms with Gasteiger partial charge < -0.3 is 31.3 Å². The van der Waals surface area contributed by atoms with E-state index in [1.807, 2.05) is 44.2 Å². The summed E-state index contributed by atoms with van der Waals surface area (Å²) in [7, 11) is 0. The van der Waals surface area contributed by atoms with Crippen molar-refractivity contribution in [2.45, 2.75) is 25.5 Å².